The molecular formula is C25H20ClF3N6O3. The van der Waals surface area contributed by atoms with Gasteiger partial charge in [-0.05, 0) is 55.4 Å². The van der Waals surface area contributed by atoms with Gasteiger partial charge >= 0.3 is 11.9 Å². The number of rotatable bonds is 4. The van der Waals surface area contributed by atoms with Crippen molar-refractivity contribution in [1.29, 1.82) is 0 Å². The molecule has 4 heterocycles. The maximum absolute atomic E-state index is 13.3. The zero-order chi connectivity index (χ0) is 27.1. The fraction of sp³-hybridized carbons (Fsp3) is 0.320. The van der Waals surface area contributed by atoms with Gasteiger partial charge in [0.15, 0.2) is 10.8 Å². The van der Waals surface area contributed by atoms with Crippen LogP contribution in [0.1, 0.15) is 48.8 Å². The van der Waals surface area contributed by atoms with Crippen molar-refractivity contribution < 1.29 is 18.0 Å². The highest BCUT2D eigenvalue weighted by molar-refractivity contribution is 6.29. The summed E-state index contributed by atoms with van der Waals surface area (Å²) >= 11 is 6.29. The van der Waals surface area contributed by atoms with Gasteiger partial charge in [0.2, 0.25) is 5.91 Å². The van der Waals surface area contributed by atoms with Gasteiger partial charge in [0.1, 0.15) is 6.54 Å². The lowest BCUT2D eigenvalue weighted by Gasteiger charge is -2.21. The highest BCUT2D eigenvalue weighted by Gasteiger charge is 2.49. The number of nitrogens with zero attached hydrogens (tertiary/aromatic N) is 4. The number of amides is 1. The number of H-pyrrole nitrogens is 2. The van der Waals surface area contributed by atoms with Crippen LogP contribution >= 0.6 is 11.6 Å². The van der Waals surface area contributed by atoms with Crippen LogP contribution in [0.25, 0.3) is 16.9 Å². The second-order valence-electron chi connectivity index (χ2n) is 10.1. The van der Waals surface area contributed by atoms with E-state index in [-0.39, 0.29) is 33.9 Å². The Morgan fingerprint density at radius 1 is 1.16 bits per heavy atom. The number of halogens is 4. The molecule has 2 N–H and O–H groups in total. The summed E-state index contributed by atoms with van der Waals surface area (Å²) in [4.78, 5) is 46.5. The predicted octanol–water partition coefficient (Wildman–Crippen LogP) is 3.88. The molecule has 2 atom stereocenters. The summed E-state index contributed by atoms with van der Waals surface area (Å²) in [5, 5.41) is 4.63. The minimum atomic E-state index is -4.54. The summed E-state index contributed by atoms with van der Waals surface area (Å²) in [6.45, 7) is 1.90. The molecule has 1 fully saturated rings. The molecule has 4 aromatic rings. The number of hydrogen-bond acceptors (Lipinski definition) is 5. The van der Waals surface area contributed by atoms with Crippen LogP contribution in [-0.2, 0) is 10.2 Å². The van der Waals surface area contributed by atoms with Gasteiger partial charge in [0.25, 0.3) is 5.56 Å². The van der Waals surface area contributed by atoms with Crippen molar-refractivity contribution in [2.45, 2.75) is 43.7 Å². The van der Waals surface area contributed by atoms with Crippen molar-refractivity contribution in [2.75, 3.05) is 11.4 Å². The van der Waals surface area contributed by atoms with Crippen molar-refractivity contribution >= 4 is 28.8 Å². The Morgan fingerprint density at radius 2 is 1.92 bits per heavy atom. The molecule has 1 aliphatic heterocycles. The first-order valence-electron chi connectivity index (χ1n) is 11.7. The van der Waals surface area contributed by atoms with E-state index < -0.39 is 35.3 Å². The van der Waals surface area contributed by atoms with Crippen LogP contribution in [0, 0.1) is 0 Å². The zero-order valence-corrected chi connectivity index (χ0v) is 20.8. The van der Waals surface area contributed by atoms with Crippen LogP contribution in [-0.4, -0.2) is 43.2 Å². The topological polar surface area (TPSA) is 116 Å². The van der Waals surface area contributed by atoms with E-state index in [9.17, 15) is 27.6 Å². The van der Waals surface area contributed by atoms with Gasteiger partial charge in [0, 0.05) is 17.4 Å². The van der Waals surface area contributed by atoms with Crippen molar-refractivity contribution in [3.05, 3.63) is 79.3 Å². The van der Waals surface area contributed by atoms with Gasteiger partial charge in [-0.1, -0.05) is 23.7 Å². The standard InChI is InChI=1S/C25H20ClF3N6O3/c1-24(2)16-4-3-11(5-18(16)34(22(24)37)10-25(27,28)29)12-6-13(12)14-7-17(15-8-31-23(38)32-21(15)36)33-35-19(26)9-30-20(14)35/h3-5,7-9,12-13H,6,10H2,1-2H3,(H2,31,32,36,38)/t12-,13?/m0/s1. The van der Waals surface area contributed by atoms with E-state index in [1.165, 1.54) is 16.9 Å². The fourth-order valence-corrected chi connectivity index (χ4v) is 5.47. The number of carbonyl (C=O) groups excluding carboxylic acids is 1. The average Bonchev–Trinajstić information content (AvgIpc) is 3.52. The number of aromatic nitrogens is 5. The summed E-state index contributed by atoms with van der Waals surface area (Å²) in [5.41, 5.74) is 0.927. The lowest BCUT2D eigenvalue weighted by molar-refractivity contribution is -0.134. The molecule has 0 saturated heterocycles. The minimum Gasteiger partial charge on any atom is -0.313 e. The van der Waals surface area contributed by atoms with Crippen molar-refractivity contribution in [3.63, 3.8) is 0 Å². The normalized spacial score (nSPS) is 20.3. The Kier molecular flexibility index (Phi) is 5.16. The van der Waals surface area contributed by atoms with Crippen LogP contribution < -0.4 is 16.1 Å². The van der Waals surface area contributed by atoms with E-state index in [1.807, 2.05) is 6.07 Å². The smallest absolute Gasteiger partial charge is 0.313 e. The summed E-state index contributed by atoms with van der Waals surface area (Å²) in [5.74, 6) is -0.734. The molecular weight excluding hydrogens is 525 g/mol. The SMILES string of the molecule is CC1(C)C(=O)N(CC(F)(F)F)c2cc([C@@H]3CC3c3cc(-c4c[nH]c(=O)[nH]c4=O)nn4c(Cl)cnc34)ccc21. The number of nitrogens with one attached hydrogen (secondary N) is 2. The van der Waals surface area contributed by atoms with Gasteiger partial charge in [-0.3, -0.25) is 14.6 Å². The second kappa shape index (κ2) is 8.03. The number of imidazole rings is 1. The molecule has 13 heteroatoms. The van der Waals surface area contributed by atoms with E-state index in [1.54, 1.807) is 32.0 Å². The first kappa shape index (κ1) is 24.4. The van der Waals surface area contributed by atoms with Crippen molar-refractivity contribution in [3.8, 4) is 11.3 Å². The van der Waals surface area contributed by atoms with Gasteiger partial charge in [-0.25, -0.2) is 14.3 Å². The van der Waals surface area contributed by atoms with Gasteiger partial charge in [0.05, 0.1) is 22.9 Å². The molecule has 196 valence electrons. The summed E-state index contributed by atoms with van der Waals surface area (Å²) in [6, 6.07) is 6.96. The third-order valence-electron chi connectivity index (χ3n) is 7.27. The molecule has 9 nitrogen and oxygen atoms in total. The molecule has 6 rings (SSSR count). The number of benzene rings is 1. The first-order chi connectivity index (χ1) is 17.8. The number of hydrogen-bond donors (Lipinski definition) is 2. The van der Waals surface area contributed by atoms with E-state index in [0.717, 1.165) is 16.0 Å². The zero-order valence-electron chi connectivity index (χ0n) is 20.1. The molecule has 1 saturated carbocycles. The van der Waals surface area contributed by atoms with E-state index in [0.29, 0.717) is 17.6 Å². The lowest BCUT2D eigenvalue weighted by Crippen LogP contribution is -2.41. The number of alkyl halides is 3. The third kappa shape index (κ3) is 3.82. The highest BCUT2D eigenvalue weighted by Crippen LogP contribution is 2.57. The Bertz CT molecular complexity index is 1760. The summed E-state index contributed by atoms with van der Waals surface area (Å²) < 4.78 is 41.3. The Labute approximate surface area is 217 Å². The summed E-state index contributed by atoms with van der Waals surface area (Å²) in [6.07, 6.45) is -1.17. The maximum Gasteiger partial charge on any atom is 0.406 e. The largest absolute Gasteiger partial charge is 0.406 e. The Balaban J connectivity index is 1.41. The highest BCUT2D eigenvalue weighted by atomic mass is 35.5. The van der Waals surface area contributed by atoms with Gasteiger partial charge in [-0.15, -0.1) is 0 Å². The Hall–Kier alpha value is -3.93. The Morgan fingerprint density at radius 3 is 2.63 bits per heavy atom. The molecule has 38 heavy (non-hydrogen) atoms. The van der Waals surface area contributed by atoms with E-state index in [4.69, 9.17) is 11.6 Å². The molecule has 1 unspecified atom stereocenters. The number of fused-ring (bicyclic) bond motifs is 2. The molecule has 1 amide bonds. The molecule has 0 radical (unpaired) electrons. The fourth-order valence-electron chi connectivity index (χ4n) is 5.31. The average molecular weight is 545 g/mol. The molecule has 1 aromatic carbocycles. The van der Waals surface area contributed by atoms with Crippen molar-refractivity contribution in [1.82, 2.24) is 24.6 Å². The molecule has 3 aromatic heterocycles. The van der Waals surface area contributed by atoms with E-state index in [2.05, 4.69) is 20.1 Å². The van der Waals surface area contributed by atoms with E-state index >= 15 is 0 Å². The molecule has 2 aliphatic rings. The van der Waals surface area contributed by atoms with Crippen molar-refractivity contribution in [2.24, 2.45) is 0 Å². The summed E-state index contributed by atoms with van der Waals surface area (Å²) in [7, 11) is 0. The molecule has 1 aliphatic carbocycles. The van der Waals surface area contributed by atoms with Gasteiger partial charge in [-0.2, -0.15) is 18.3 Å². The van der Waals surface area contributed by atoms with Crippen LogP contribution in [0.5, 0.6) is 0 Å². The van der Waals surface area contributed by atoms with Crippen LogP contribution in [0.4, 0.5) is 18.9 Å². The van der Waals surface area contributed by atoms with Crippen LogP contribution in [0.2, 0.25) is 5.15 Å². The van der Waals surface area contributed by atoms with Crippen LogP contribution in [0.3, 0.4) is 0 Å². The molecule has 0 bridgehead atoms. The third-order valence-corrected chi connectivity index (χ3v) is 7.53. The number of carbonyl (C=O) groups is 1. The second-order valence-corrected chi connectivity index (χ2v) is 10.5. The first-order valence-corrected chi connectivity index (χ1v) is 12.1. The predicted molar refractivity (Wildman–Crippen MR) is 133 cm³/mol. The molecule has 0 spiro atoms. The number of anilines is 1. The van der Waals surface area contributed by atoms with Gasteiger partial charge < -0.3 is 9.88 Å². The monoisotopic (exact) mass is 544 g/mol. The lowest BCUT2D eigenvalue weighted by atomic mass is 9.85. The number of aromatic amines is 2. The van der Waals surface area contributed by atoms with Crippen LogP contribution in [0.15, 0.2) is 46.2 Å². The quantitative estimate of drug-likeness (QED) is 0.404. The maximum atomic E-state index is 13.3. The minimum absolute atomic E-state index is 0.0600.